The molecule has 0 saturated carbocycles. The van der Waals surface area contributed by atoms with E-state index < -0.39 is 0 Å². The van der Waals surface area contributed by atoms with Crippen LogP contribution in [-0.2, 0) is 6.42 Å². The Hall–Kier alpha value is -6.32. The number of dihydropyridines is 1. The van der Waals surface area contributed by atoms with Crippen molar-refractivity contribution in [1.82, 2.24) is 4.98 Å². The van der Waals surface area contributed by atoms with Gasteiger partial charge in [-0.05, 0) is 133 Å². The van der Waals surface area contributed by atoms with E-state index in [4.69, 9.17) is 9.98 Å². The summed E-state index contributed by atoms with van der Waals surface area (Å²) in [7, 11) is 2.28. The molecule has 7 aromatic rings. The van der Waals surface area contributed by atoms with E-state index in [1.54, 1.807) is 0 Å². The molecule has 4 aliphatic rings. The van der Waals surface area contributed by atoms with Crippen molar-refractivity contribution in [2.24, 2.45) is 10.9 Å². The first kappa shape index (κ1) is 30.3. The van der Waals surface area contributed by atoms with Crippen LogP contribution in [0.2, 0.25) is 0 Å². The molecule has 1 aromatic heterocycles. The lowest BCUT2D eigenvalue weighted by atomic mass is 9.75. The number of hydrogen-bond acceptors (Lipinski definition) is 3. The summed E-state index contributed by atoms with van der Waals surface area (Å²) in [4.78, 5) is 12.1. The molecule has 0 N–H and O–H groups in total. The molecule has 6 aromatic carbocycles. The zero-order valence-corrected chi connectivity index (χ0v) is 29.6. The number of pyridine rings is 1. The van der Waals surface area contributed by atoms with Crippen LogP contribution in [0.1, 0.15) is 57.6 Å². The van der Waals surface area contributed by atoms with Crippen LogP contribution >= 0.6 is 0 Å². The highest BCUT2D eigenvalue weighted by Gasteiger charge is 2.35. The molecule has 0 spiro atoms. The number of aromatic nitrogens is 1. The minimum atomic E-state index is 0.0193. The summed E-state index contributed by atoms with van der Waals surface area (Å²) < 4.78 is 0. The van der Waals surface area contributed by atoms with Gasteiger partial charge in [0, 0.05) is 36.6 Å². The zero-order chi connectivity index (χ0) is 35.0. The van der Waals surface area contributed by atoms with Crippen LogP contribution in [0, 0.1) is 5.92 Å². The minimum Gasteiger partial charge on any atom is -0.363 e. The van der Waals surface area contributed by atoms with Crippen LogP contribution in [0.15, 0.2) is 151 Å². The minimum absolute atomic E-state index is 0.0193. The van der Waals surface area contributed by atoms with Gasteiger partial charge in [-0.1, -0.05) is 109 Å². The molecular weight excluding hydrogens is 643 g/mol. The summed E-state index contributed by atoms with van der Waals surface area (Å²) in [6.45, 7) is 0. The highest BCUT2D eigenvalue weighted by atomic mass is 15.1. The largest absolute Gasteiger partial charge is 0.363 e. The molecule has 3 heteroatoms. The van der Waals surface area contributed by atoms with Gasteiger partial charge in [0.2, 0.25) is 0 Å². The maximum Gasteiger partial charge on any atom is 0.103 e. The lowest BCUT2D eigenvalue weighted by Crippen LogP contribution is -2.31. The Morgan fingerprint density at radius 2 is 1.55 bits per heavy atom. The van der Waals surface area contributed by atoms with Gasteiger partial charge in [-0.3, -0.25) is 9.98 Å². The Balaban J connectivity index is 1.01. The topological polar surface area (TPSA) is 28.5 Å². The molecule has 3 nitrogen and oxygen atoms in total. The Kier molecular flexibility index (Phi) is 6.79. The van der Waals surface area contributed by atoms with Gasteiger partial charge in [0.05, 0.1) is 11.7 Å². The predicted octanol–water partition coefficient (Wildman–Crippen LogP) is 12.1. The molecule has 252 valence electrons. The third-order valence-corrected chi connectivity index (χ3v) is 12.0. The molecular formula is C50H37N3. The lowest BCUT2D eigenvalue weighted by Gasteiger charge is -2.41. The number of para-hydroxylation sites is 1. The van der Waals surface area contributed by atoms with E-state index in [0.717, 1.165) is 24.1 Å². The number of nitrogens with zero attached hydrogens (tertiary/aromatic N) is 3. The van der Waals surface area contributed by atoms with Crippen molar-refractivity contribution in [2.75, 3.05) is 11.9 Å². The summed E-state index contributed by atoms with van der Waals surface area (Å²) in [5.74, 6) is 0.177. The Morgan fingerprint density at radius 3 is 2.47 bits per heavy atom. The number of fused-ring (bicyclic) bond motifs is 12. The molecule has 2 aliphatic carbocycles. The molecule has 0 fully saturated rings. The smallest absolute Gasteiger partial charge is 0.103 e. The van der Waals surface area contributed by atoms with E-state index in [2.05, 4.69) is 158 Å². The molecule has 0 saturated heterocycles. The summed E-state index contributed by atoms with van der Waals surface area (Å²) in [5, 5.41) is 5.18. The van der Waals surface area contributed by atoms with Gasteiger partial charge in [-0.2, -0.15) is 0 Å². The Labute approximate surface area is 310 Å². The van der Waals surface area contributed by atoms with Gasteiger partial charge < -0.3 is 4.90 Å². The SMILES string of the molecule is CN1c2ccccc2-c2c(c3c(c4ccccc24)C=CCC3)C1c1cccc(-c2ccc3cc(C4=Cc5cccnc5C5N=CC=CC45)ccc3c2)c1. The molecule has 3 heterocycles. The second-order valence-electron chi connectivity index (χ2n) is 14.8. The van der Waals surface area contributed by atoms with Crippen LogP contribution in [0.5, 0.6) is 0 Å². The van der Waals surface area contributed by atoms with Gasteiger partial charge in [0.15, 0.2) is 0 Å². The van der Waals surface area contributed by atoms with E-state index in [0.29, 0.717) is 0 Å². The number of allylic oxidation sites excluding steroid dienone is 2. The number of anilines is 1. The quantitative estimate of drug-likeness (QED) is 0.186. The van der Waals surface area contributed by atoms with Crippen LogP contribution < -0.4 is 4.90 Å². The van der Waals surface area contributed by atoms with Crippen molar-refractivity contribution in [2.45, 2.75) is 24.9 Å². The monoisotopic (exact) mass is 679 g/mol. The van der Waals surface area contributed by atoms with E-state index in [1.807, 2.05) is 18.5 Å². The molecule has 3 atom stereocenters. The van der Waals surface area contributed by atoms with Gasteiger partial charge in [-0.15, -0.1) is 0 Å². The van der Waals surface area contributed by atoms with E-state index >= 15 is 0 Å². The first-order valence-corrected chi connectivity index (χ1v) is 18.8. The molecule has 0 bridgehead atoms. The summed E-state index contributed by atoms with van der Waals surface area (Å²) in [5.41, 5.74) is 16.9. The average Bonchev–Trinajstić information content (AvgIpc) is 3.23. The van der Waals surface area contributed by atoms with Crippen molar-refractivity contribution in [3.63, 3.8) is 0 Å². The number of aliphatic imine (C=N–C) groups is 1. The van der Waals surface area contributed by atoms with Crippen molar-refractivity contribution in [3.05, 3.63) is 185 Å². The molecule has 3 unspecified atom stereocenters. The fraction of sp³-hybridized carbons (Fsp3) is 0.120. The fourth-order valence-corrected chi connectivity index (χ4v) is 9.59. The Morgan fingerprint density at radius 1 is 0.736 bits per heavy atom. The van der Waals surface area contributed by atoms with Crippen LogP contribution in [0.3, 0.4) is 0 Å². The average molecular weight is 680 g/mol. The van der Waals surface area contributed by atoms with Gasteiger partial charge in [0.1, 0.15) is 6.04 Å². The second kappa shape index (κ2) is 11.9. The maximum absolute atomic E-state index is 4.86. The van der Waals surface area contributed by atoms with E-state index in [-0.39, 0.29) is 18.0 Å². The number of rotatable bonds is 3. The maximum atomic E-state index is 4.86. The molecule has 53 heavy (non-hydrogen) atoms. The van der Waals surface area contributed by atoms with Crippen LogP contribution in [-0.4, -0.2) is 18.2 Å². The predicted molar refractivity (Wildman–Crippen MR) is 222 cm³/mol. The highest BCUT2D eigenvalue weighted by Crippen LogP contribution is 2.53. The van der Waals surface area contributed by atoms with E-state index in [1.165, 1.54) is 82.9 Å². The first-order valence-electron chi connectivity index (χ1n) is 18.8. The third kappa shape index (κ3) is 4.67. The summed E-state index contributed by atoms with van der Waals surface area (Å²) in [6, 6.07) is 45.4. The van der Waals surface area contributed by atoms with Gasteiger partial charge in [-0.25, -0.2) is 0 Å². The third-order valence-electron chi connectivity index (χ3n) is 12.0. The fourth-order valence-electron chi connectivity index (χ4n) is 9.59. The number of benzene rings is 6. The normalized spacial score (nSPS) is 19.3. The van der Waals surface area contributed by atoms with Gasteiger partial charge >= 0.3 is 0 Å². The molecule has 0 radical (unpaired) electrons. The molecule has 2 aliphatic heterocycles. The zero-order valence-electron chi connectivity index (χ0n) is 29.6. The second-order valence-corrected chi connectivity index (χ2v) is 14.8. The standard InChI is InChI=1S/C50H37N3/c1-53-45-20-7-6-18-43(45)46-40-16-4-2-14-38(40)39-15-3-5-17-41(39)47(46)50(53)37-12-8-11-31(29-37)32-21-22-34-28-35(24-23-33(34)27-32)44-30-36-13-9-25-51-48(36)49-42(44)19-10-26-52-49/h2-4,6-16,18-30,42,49-50H,5,17H2,1H3. The van der Waals surface area contributed by atoms with Gasteiger partial charge in [0.25, 0.3) is 0 Å². The van der Waals surface area contributed by atoms with Crippen molar-refractivity contribution >= 4 is 51.2 Å². The summed E-state index contributed by atoms with van der Waals surface area (Å²) in [6.07, 6.45) is 17.3. The van der Waals surface area contributed by atoms with Crippen molar-refractivity contribution in [3.8, 4) is 22.3 Å². The van der Waals surface area contributed by atoms with E-state index in [9.17, 15) is 0 Å². The number of hydrogen-bond donors (Lipinski definition) is 0. The molecule has 0 amide bonds. The summed E-state index contributed by atoms with van der Waals surface area (Å²) >= 11 is 0. The highest BCUT2D eigenvalue weighted by molar-refractivity contribution is 6.08. The first-order chi connectivity index (χ1) is 26.2. The van der Waals surface area contributed by atoms with Crippen LogP contribution in [0.4, 0.5) is 5.69 Å². The van der Waals surface area contributed by atoms with Crippen molar-refractivity contribution in [1.29, 1.82) is 0 Å². The van der Waals surface area contributed by atoms with Crippen LogP contribution in [0.25, 0.3) is 61.5 Å². The lowest BCUT2D eigenvalue weighted by molar-refractivity contribution is 0.607. The van der Waals surface area contributed by atoms with Crippen molar-refractivity contribution < 1.29 is 0 Å². The Bertz CT molecular complexity index is 2780. The molecule has 11 rings (SSSR count).